The van der Waals surface area contributed by atoms with E-state index in [-0.39, 0.29) is 5.97 Å². The van der Waals surface area contributed by atoms with E-state index in [0.29, 0.717) is 0 Å². The Morgan fingerprint density at radius 2 is 1.71 bits per heavy atom. The zero-order valence-corrected chi connectivity index (χ0v) is 11.0. The molecule has 0 heterocycles. The van der Waals surface area contributed by atoms with Gasteiger partial charge in [-0.1, -0.05) is 36.4 Å². The van der Waals surface area contributed by atoms with Gasteiger partial charge in [-0.15, -0.1) is 6.58 Å². The van der Waals surface area contributed by atoms with Crippen molar-refractivity contribution in [2.75, 3.05) is 0 Å². The van der Waals surface area contributed by atoms with Gasteiger partial charge in [0.25, 0.3) is 0 Å². The van der Waals surface area contributed by atoms with E-state index < -0.39 is 11.0 Å². The van der Waals surface area contributed by atoms with Crippen LogP contribution >= 0.6 is 0 Å². The van der Waals surface area contributed by atoms with Crippen LogP contribution in [0.5, 0.6) is 0 Å². The lowest BCUT2D eigenvalue weighted by atomic mass is 9.82. The van der Waals surface area contributed by atoms with Crippen molar-refractivity contribution in [2.45, 2.75) is 38.7 Å². The first kappa shape index (κ1) is 13.5. The highest BCUT2D eigenvalue weighted by Crippen LogP contribution is 2.28. The number of ether oxygens (including phenoxy) is 1. The smallest absolute Gasteiger partial charge is 0.320 e. The van der Waals surface area contributed by atoms with Crippen LogP contribution in [-0.4, -0.2) is 11.6 Å². The number of carbonyl (C=O) groups is 1. The minimum atomic E-state index is -0.797. The first-order valence-electron chi connectivity index (χ1n) is 5.72. The maximum Gasteiger partial charge on any atom is 0.320 e. The molecule has 0 saturated carbocycles. The Hall–Kier alpha value is -1.57. The fourth-order valence-corrected chi connectivity index (χ4v) is 1.49. The van der Waals surface area contributed by atoms with E-state index >= 15 is 0 Å². The molecule has 0 saturated heterocycles. The summed E-state index contributed by atoms with van der Waals surface area (Å²) in [4.78, 5) is 12.2. The first-order valence-corrected chi connectivity index (χ1v) is 5.72. The van der Waals surface area contributed by atoms with Gasteiger partial charge in [0, 0.05) is 0 Å². The predicted molar refractivity (Wildman–Crippen MR) is 69.8 cm³/mol. The van der Waals surface area contributed by atoms with Crippen molar-refractivity contribution >= 4 is 5.97 Å². The van der Waals surface area contributed by atoms with E-state index in [1.54, 1.807) is 6.08 Å². The van der Waals surface area contributed by atoms with Gasteiger partial charge in [-0.3, -0.25) is 4.79 Å². The summed E-state index contributed by atoms with van der Waals surface area (Å²) in [6.45, 7) is 11.2. The van der Waals surface area contributed by atoms with Crippen LogP contribution in [0.25, 0.3) is 0 Å². The quantitative estimate of drug-likeness (QED) is 0.589. The largest absolute Gasteiger partial charge is 0.459 e. The van der Waals surface area contributed by atoms with Crippen LogP contribution in [0.1, 0.15) is 33.3 Å². The van der Waals surface area contributed by atoms with Crippen LogP contribution < -0.4 is 0 Å². The molecule has 0 aliphatic heterocycles. The number of carbonyl (C=O) groups excluding carboxylic acids is 1. The lowest BCUT2D eigenvalue weighted by molar-refractivity contribution is -0.159. The molecule has 1 atom stereocenters. The molecule has 1 aromatic rings. The second kappa shape index (κ2) is 4.74. The van der Waals surface area contributed by atoms with E-state index in [1.165, 1.54) is 0 Å². The highest BCUT2D eigenvalue weighted by atomic mass is 16.6. The van der Waals surface area contributed by atoms with E-state index in [4.69, 9.17) is 4.74 Å². The Morgan fingerprint density at radius 3 is 2.12 bits per heavy atom. The van der Waals surface area contributed by atoms with Crippen LogP contribution in [0.15, 0.2) is 43.0 Å². The molecule has 0 fully saturated rings. The van der Waals surface area contributed by atoms with Crippen molar-refractivity contribution in [2.24, 2.45) is 0 Å². The normalized spacial score (nSPS) is 14.8. The zero-order chi connectivity index (χ0) is 13.1. The SMILES string of the molecule is C=C[C@](C)(C(=O)OC(C)(C)C)c1ccccc1. The van der Waals surface area contributed by atoms with Gasteiger partial charge >= 0.3 is 5.97 Å². The van der Waals surface area contributed by atoms with E-state index in [0.717, 1.165) is 5.56 Å². The summed E-state index contributed by atoms with van der Waals surface area (Å²) in [5, 5.41) is 0. The fourth-order valence-electron chi connectivity index (χ4n) is 1.49. The molecule has 0 bridgehead atoms. The maximum absolute atomic E-state index is 12.2. The van der Waals surface area contributed by atoms with E-state index in [9.17, 15) is 4.79 Å². The Kier molecular flexibility index (Phi) is 3.76. The van der Waals surface area contributed by atoms with Gasteiger partial charge in [0.1, 0.15) is 11.0 Å². The second-order valence-corrected chi connectivity index (χ2v) is 5.27. The van der Waals surface area contributed by atoms with Crippen LogP contribution in [-0.2, 0) is 14.9 Å². The lowest BCUT2D eigenvalue weighted by Crippen LogP contribution is -2.37. The molecular formula is C15H20O2. The zero-order valence-electron chi connectivity index (χ0n) is 11.0. The van der Waals surface area contributed by atoms with Crippen molar-refractivity contribution in [1.82, 2.24) is 0 Å². The van der Waals surface area contributed by atoms with Gasteiger partial charge in [-0.25, -0.2) is 0 Å². The fraction of sp³-hybridized carbons (Fsp3) is 0.400. The highest BCUT2D eigenvalue weighted by Gasteiger charge is 2.35. The van der Waals surface area contributed by atoms with Gasteiger partial charge in [0.05, 0.1) is 0 Å². The second-order valence-electron chi connectivity index (χ2n) is 5.27. The van der Waals surface area contributed by atoms with Crippen molar-refractivity contribution < 1.29 is 9.53 Å². The first-order chi connectivity index (χ1) is 7.79. The van der Waals surface area contributed by atoms with Crippen molar-refractivity contribution in [3.05, 3.63) is 48.6 Å². The summed E-state index contributed by atoms with van der Waals surface area (Å²) in [5.74, 6) is -0.272. The molecule has 0 aliphatic carbocycles. The average Bonchev–Trinajstić information content (AvgIpc) is 2.27. The van der Waals surface area contributed by atoms with Gasteiger partial charge in [-0.2, -0.15) is 0 Å². The lowest BCUT2D eigenvalue weighted by Gasteiger charge is -2.29. The van der Waals surface area contributed by atoms with Crippen molar-refractivity contribution in [3.63, 3.8) is 0 Å². The van der Waals surface area contributed by atoms with Gasteiger partial charge in [0.2, 0.25) is 0 Å². The standard InChI is InChI=1S/C15H20O2/c1-6-15(5,12-10-8-7-9-11-12)13(16)17-14(2,3)4/h6-11H,1H2,2-5H3/t15-/m0/s1. The van der Waals surface area contributed by atoms with Crippen LogP contribution in [0, 0.1) is 0 Å². The molecule has 1 rings (SSSR count). The van der Waals surface area contributed by atoms with Crippen molar-refractivity contribution in [3.8, 4) is 0 Å². The minimum absolute atomic E-state index is 0.272. The molecule has 2 nitrogen and oxygen atoms in total. The molecule has 0 N–H and O–H groups in total. The molecule has 0 spiro atoms. The number of rotatable bonds is 3. The summed E-state index contributed by atoms with van der Waals surface area (Å²) >= 11 is 0. The molecule has 2 heteroatoms. The Bertz CT molecular complexity index is 401. The molecule has 92 valence electrons. The third-order valence-corrected chi connectivity index (χ3v) is 2.60. The summed E-state index contributed by atoms with van der Waals surface area (Å²) in [5.41, 5.74) is -0.394. The predicted octanol–water partition coefficient (Wildman–Crippen LogP) is 3.47. The number of hydrogen-bond donors (Lipinski definition) is 0. The van der Waals surface area contributed by atoms with Gasteiger partial charge in [0.15, 0.2) is 0 Å². The summed E-state index contributed by atoms with van der Waals surface area (Å²) in [7, 11) is 0. The molecular weight excluding hydrogens is 212 g/mol. The monoisotopic (exact) mass is 232 g/mol. The summed E-state index contributed by atoms with van der Waals surface area (Å²) in [6.07, 6.45) is 1.64. The van der Waals surface area contributed by atoms with Crippen LogP contribution in [0.4, 0.5) is 0 Å². The third kappa shape index (κ3) is 3.19. The molecule has 0 unspecified atom stereocenters. The molecule has 0 aliphatic rings. The Balaban J connectivity index is 3.05. The molecule has 17 heavy (non-hydrogen) atoms. The number of hydrogen-bond acceptors (Lipinski definition) is 2. The average molecular weight is 232 g/mol. The molecule has 0 radical (unpaired) electrons. The van der Waals surface area contributed by atoms with Crippen LogP contribution in [0.2, 0.25) is 0 Å². The Labute approximate surface area is 103 Å². The highest BCUT2D eigenvalue weighted by molar-refractivity contribution is 5.85. The molecule has 0 aromatic heterocycles. The van der Waals surface area contributed by atoms with E-state index in [2.05, 4.69) is 6.58 Å². The van der Waals surface area contributed by atoms with E-state index in [1.807, 2.05) is 58.0 Å². The summed E-state index contributed by atoms with van der Waals surface area (Å²) < 4.78 is 5.44. The maximum atomic E-state index is 12.2. The van der Waals surface area contributed by atoms with Crippen LogP contribution in [0.3, 0.4) is 0 Å². The topological polar surface area (TPSA) is 26.3 Å². The molecule has 0 amide bonds. The third-order valence-electron chi connectivity index (χ3n) is 2.60. The van der Waals surface area contributed by atoms with Crippen molar-refractivity contribution in [1.29, 1.82) is 0 Å². The number of benzene rings is 1. The minimum Gasteiger partial charge on any atom is -0.459 e. The summed E-state index contributed by atoms with van der Waals surface area (Å²) in [6, 6.07) is 9.54. The number of esters is 1. The molecule has 1 aromatic carbocycles. The Morgan fingerprint density at radius 1 is 1.18 bits per heavy atom. The van der Waals surface area contributed by atoms with Gasteiger partial charge in [-0.05, 0) is 33.3 Å². The van der Waals surface area contributed by atoms with Gasteiger partial charge < -0.3 is 4.74 Å².